The van der Waals surface area contributed by atoms with Crippen LogP contribution in [-0.4, -0.2) is 18.0 Å². The number of nitrogens with one attached hydrogen (secondary N) is 1. The number of hydrogen-bond donors (Lipinski definition) is 1. The van der Waals surface area contributed by atoms with Gasteiger partial charge in [-0.1, -0.05) is 6.92 Å². The summed E-state index contributed by atoms with van der Waals surface area (Å²) in [5, 5.41) is 3.67. The van der Waals surface area contributed by atoms with Gasteiger partial charge in [0.15, 0.2) is 0 Å². The van der Waals surface area contributed by atoms with Crippen molar-refractivity contribution >= 4 is 28.2 Å². The van der Waals surface area contributed by atoms with E-state index < -0.39 is 0 Å². The van der Waals surface area contributed by atoms with Crippen LogP contribution in [0.2, 0.25) is 0 Å². The van der Waals surface area contributed by atoms with E-state index in [4.69, 9.17) is 4.74 Å². The van der Waals surface area contributed by atoms with Gasteiger partial charge < -0.3 is 10.1 Å². The molecule has 0 saturated heterocycles. The highest BCUT2D eigenvalue weighted by molar-refractivity contribution is 7.17. The Morgan fingerprint density at radius 2 is 2.00 bits per heavy atom. The average Bonchev–Trinajstić information content (AvgIpc) is 3.20. The van der Waals surface area contributed by atoms with Gasteiger partial charge in [-0.3, -0.25) is 4.79 Å². The van der Waals surface area contributed by atoms with Crippen LogP contribution in [0.4, 0.5) is 5.00 Å². The molecule has 1 heterocycles. The van der Waals surface area contributed by atoms with Crippen LogP contribution in [0.3, 0.4) is 0 Å². The van der Waals surface area contributed by atoms with Gasteiger partial charge in [0.05, 0.1) is 11.7 Å². The second kappa shape index (κ2) is 6.03. The Hall–Kier alpha value is -1.36. The van der Waals surface area contributed by atoms with Crippen LogP contribution in [0.25, 0.3) is 0 Å². The molecule has 2 aliphatic carbocycles. The number of esters is 1. The van der Waals surface area contributed by atoms with Crippen molar-refractivity contribution in [2.45, 2.75) is 59.0 Å². The minimum Gasteiger partial charge on any atom is -0.459 e. The molecule has 1 fully saturated rings. The first-order chi connectivity index (χ1) is 10.5. The highest BCUT2D eigenvalue weighted by Crippen LogP contribution is 2.41. The van der Waals surface area contributed by atoms with Crippen LogP contribution in [-0.2, 0) is 22.4 Å². The van der Waals surface area contributed by atoms with Crippen molar-refractivity contribution in [2.24, 2.45) is 11.8 Å². The molecule has 1 unspecified atom stereocenters. The number of ether oxygens (including phenoxy) is 1. The minimum absolute atomic E-state index is 0.0465. The summed E-state index contributed by atoms with van der Waals surface area (Å²) in [6.45, 7) is 5.93. The number of rotatable bonds is 4. The Morgan fingerprint density at radius 3 is 2.64 bits per heavy atom. The lowest BCUT2D eigenvalue weighted by molar-refractivity contribution is -0.117. The molecule has 0 spiro atoms. The lowest BCUT2D eigenvalue weighted by Crippen LogP contribution is -2.19. The fourth-order valence-corrected chi connectivity index (χ4v) is 4.29. The van der Waals surface area contributed by atoms with Gasteiger partial charge in [-0.05, 0) is 57.4 Å². The highest BCUT2D eigenvalue weighted by Gasteiger charge is 2.33. The Kier molecular flexibility index (Phi) is 4.26. The molecule has 1 saturated carbocycles. The number of amides is 1. The molecule has 1 atom stereocenters. The van der Waals surface area contributed by atoms with E-state index in [9.17, 15) is 9.59 Å². The molecule has 1 N–H and O–H groups in total. The third kappa shape index (κ3) is 3.19. The van der Waals surface area contributed by atoms with Crippen molar-refractivity contribution in [2.75, 3.05) is 5.32 Å². The van der Waals surface area contributed by atoms with Crippen molar-refractivity contribution in [3.05, 3.63) is 16.0 Å². The van der Waals surface area contributed by atoms with E-state index in [0.29, 0.717) is 16.5 Å². The maximum absolute atomic E-state index is 12.5. The predicted molar refractivity (Wildman–Crippen MR) is 87.4 cm³/mol. The molecular weight excluding hydrogens is 298 g/mol. The molecule has 0 bridgehead atoms. The largest absolute Gasteiger partial charge is 0.459 e. The smallest absolute Gasteiger partial charge is 0.341 e. The van der Waals surface area contributed by atoms with Gasteiger partial charge >= 0.3 is 5.97 Å². The summed E-state index contributed by atoms with van der Waals surface area (Å²) >= 11 is 1.56. The zero-order chi connectivity index (χ0) is 15.9. The van der Waals surface area contributed by atoms with Crippen LogP contribution in [0.1, 0.15) is 60.8 Å². The highest BCUT2D eigenvalue weighted by atomic mass is 32.1. The Labute approximate surface area is 135 Å². The Bertz CT molecular complexity index is 601. The summed E-state index contributed by atoms with van der Waals surface area (Å²) in [6.07, 6.45) is 4.73. The normalized spacial score (nSPS) is 20.6. The summed E-state index contributed by atoms with van der Waals surface area (Å²) < 4.78 is 5.40. The van der Waals surface area contributed by atoms with Crippen LogP contribution < -0.4 is 5.32 Å². The van der Waals surface area contributed by atoms with E-state index >= 15 is 0 Å². The fourth-order valence-electron chi connectivity index (χ4n) is 2.89. The van der Waals surface area contributed by atoms with Gasteiger partial charge in [-0.25, -0.2) is 4.79 Å². The third-order valence-electron chi connectivity index (χ3n) is 4.24. The molecule has 1 aromatic heterocycles. The summed E-state index contributed by atoms with van der Waals surface area (Å²) in [5.41, 5.74) is 1.70. The van der Waals surface area contributed by atoms with Crippen molar-refractivity contribution in [3.8, 4) is 0 Å². The van der Waals surface area contributed by atoms with Crippen LogP contribution >= 0.6 is 11.3 Å². The molecule has 120 valence electrons. The minimum atomic E-state index is -0.298. The lowest BCUT2D eigenvalue weighted by atomic mass is 9.88. The van der Waals surface area contributed by atoms with E-state index in [1.165, 1.54) is 4.88 Å². The molecule has 22 heavy (non-hydrogen) atoms. The predicted octanol–water partition coefficient (Wildman–Crippen LogP) is 3.79. The van der Waals surface area contributed by atoms with E-state index in [0.717, 1.165) is 37.7 Å². The molecule has 5 heteroatoms. The molecule has 0 aliphatic heterocycles. The van der Waals surface area contributed by atoms with Crippen LogP contribution in [0, 0.1) is 11.8 Å². The second-order valence-electron chi connectivity index (χ2n) is 6.77. The molecule has 1 aromatic rings. The summed E-state index contributed by atoms with van der Waals surface area (Å²) in [4.78, 5) is 25.8. The Morgan fingerprint density at radius 1 is 1.27 bits per heavy atom. The number of fused-ring (bicyclic) bond motifs is 1. The van der Waals surface area contributed by atoms with E-state index in [2.05, 4.69) is 12.2 Å². The number of thiophene rings is 1. The van der Waals surface area contributed by atoms with E-state index in [-0.39, 0.29) is 23.9 Å². The van der Waals surface area contributed by atoms with Crippen molar-refractivity contribution in [1.29, 1.82) is 0 Å². The molecular formula is C17H23NO3S. The first kappa shape index (κ1) is 15.5. The molecule has 3 rings (SSSR count). The number of hydrogen-bond acceptors (Lipinski definition) is 4. The monoisotopic (exact) mass is 321 g/mol. The Balaban J connectivity index is 1.92. The summed E-state index contributed by atoms with van der Waals surface area (Å²) in [7, 11) is 0. The molecule has 1 amide bonds. The molecule has 4 nitrogen and oxygen atoms in total. The van der Waals surface area contributed by atoms with Gasteiger partial charge in [-0.15, -0.1) is 11.3 Å². The van der Waals surface area contributed by atoms with Gasteiger partial charge in [0.2, 0.25) is 5.91 Å². The van der Waals surface area contributed by atoms with Gasteiger partial charge in [0, 0.05) is 10.8 Å². The van der Waals surface area contributed by atoms with Crippen LogP contribution in [0.15, 0.2) is 0 Å². The van der Waals surface area contributed by atoms with Gasteiger partial charge in [0.1, 0.15) is 5.00 Å². The maximum atomic E-state index is 12.5. The van der Waals surface area contributed by atoms with Gasteiger partial charge in [-0.2, -0.15) is 0 Å². The lowest BCUT2D eigenvalue weighted by Gasteiger charge is -2.18. The topological polar surface area (TPSA) is 55.4 Å². The fraction of sp³-hybridized carbons (Fsp3) is 0.647. The number of anilines is 1. The van der Waals surface area contributed by atoms with E-state index in [1.807, 2.05) is 13.8 Å². The van der Waals surface area contributed by atoms with E-state index in [1.54, 1.807) is 11.3 Å². The van der Waals surface area contributed by atoms with Crippen molar-refractivity contribution in [3.63, 3.8) is 0 Å². The molecule has 2 aliphatic rings. The quantitative estimate of drug-likeness (QED) is 0.859. The third-order valence-corrected chi connectivity index (χ3v) is 5.41. The average molecular weight is 321 g/mol. The second-order valence-corrected chi connectivity index (χ2v) is 7.88. The van der Waals surface area contributed by atoms with Crippen molar-refractivity contribution < 1.29 is 14.3 Å². The molecule has 0 radical (unpaired) electrons. The van der Waals surface area contributed by atoms with Crippen LogP contribution in [0.5, 0.6) is 0 Å². The SMILES string of the molecule is CC1CCc2c(sc(NC(=O)C3CC3)c2C(=O)OC(C)C)C1. The summed E-state index contributed by atoms with van der Waals surface area (Å²) in [5.74, 6) is 0.512. The maximum Gasteiger partial charge on any atom is 0.341 e. The zero-order valence-corrected chi connectivity index (χ0v) is 14.2. The first-order valence-electron chi connectivity index (χ1n) is 8.12. The van der Waals surface area contributed by atoms with Gasteiger partial charge in [0.25, 0.3) is 0 Å². The number of carbonyl (C=O) groups excluding carboxylic acids is 2. The zero-order valence-electron chi connectivity index (χ0n) is 13.4. The molecule has 0 aromatic carbocycles. The standard InChI is InChI=1S/C17H23NO3S/c1-9(2)21-17(20)14-12-7-4-10(3)8-13(12)22-16(14)18-15(19)11-5-6-11/h9-11H,4-8H2,1-3H3,(H,18,19). The van der Waals surface area contributed by atoms with Crippen molar-refractivity contribution in [1.82, 2.24) is 0 Å². The summed E-state index contributed by atoms with van der Waals surface area (Å²) in [6, 6.07) is 0. The first-order valence-corrected chi connectivity index (χ1v) is 8.93. The number of carbonyl (C=O) groups is 2.